The fraction of sp³-hybridized carbons (Fsp3) is 0.294. The minimum Gasteiger partial charge on any atom is -0.0824 e. The second-order valence-corrected chi connectivity index (χ2v) is 11.4. The summed E-state index contributed by atoms with van der Waals surface area (Å²) in [5.41, 5.74) is 6.47. The van der Waals surface area contributed by atoms with Crippen molar-refractivity contribution in [2.45, 2.75) is 64.2 Å². The van der Waals surface area contributed by atoms with Crippen LogP contribution in [0.5, 0.6) is 0 Å². The molecule has 0 saturated heterocycles. The van der Waals surface area contributed by atoms with E-state index >= 15 is 0 Å². The maximum Gasteiger partial charge on any atom is 0.0673 e. The third-order valence-electron chi connectivity index (χ3n) is 7.14. The van der Waals surface area contributed by atoms with E-state index in [0.29, 0.717) is 20.1 Å². The summed E-state index contributed by atoms with van der Waals surface area (Å²) in [5, 5.41) is 2.71. The first-order valence-corrected chi connectivity index (χ1v) is 15.1. The van der Waals surface area contributed by atoms with Crippen LogP contribution in [0, 0.1) is 0 Å². The van der Waals surface area contributed by atoms with Gasteiger partial charge in [0, 0.05) is 11.1 Å². The number of unbranched alkanes of at least 4 members (excludes halogenated alkanes) is 7. The number of hydrogen-bond donors (Lipinski definition) is 0. The molecule has 4 aromatic carbocycles. The Morgan fingerprint density at radius 3 is 1.05 bits per heavy atom. The van der Waals surface area contributed by atoms with Gasteiger partial charge in [-0.05, 0) is 47.9 Å². The zero-order valence-electron chi connectivity index (χ0n) is 21.7. The number of aryl methyl sites for hydroxylation is 2. The van der Waals surface area contributed by atoms with Crippen LogP contribution in [0.25, 0.3) is 22.3 Å². The highest BCUT2D eigenvalue weighted by Crippen LogP contribution is 2.37. The molecule has 198 valence electrons. The molecule has 0 aliphatic carbocycles. The molecule has 0 nitrogen and oxygen atoms in total. The summed E-state index contributed by atoms with van der Waals surface area (Å²) in [4.78, 5) is 0. The highest BCUT2D eigenvalue weighted by atomic mass is 35.5. The van der Waals surface area contributed by atoms with E-state index in [4.69, 9.17) is 46.4 Å². The van der Waals surface area contributed by atoms with Crippen molar-refractivity contribution in [3.8, 4) is 22.3 Å². The first-order chi connectivity index (χ1) is 18.6. The molecule has 0 atom stereocenters. The van der Waals surface area contributed by atoms with Gasteiger partial charge in [-0.25, -0.2) is 0 Å². The standard InChI is InChI=1S/C34H34Cl4/c35-31-27(21-23-29(33(31)37)25-15-11-7-12-16-25)19-9-5-3-1-2-4-6-10-20-28-22-24-30(34(38)32(28)36)26-17-13-8-14-18-26/h7-8,11-18,21-24H,1-6,9-10,19-20H2. The molecule has 0 heterocycles. The molecular weight excluding hydrogens is 550 g/mol. The first kappa shape index (κ1) is 29.0. The third kappa shape index (κ3) is 7.80. The summed E-state index contributed by atoms with van der Waals surface area (Å²) in [5.74, 6) is 0. The molecule has 4 rings (SSSR count). The molecule has 0 spiro atoms. The molecule has 0 bridgehead atoms. The lowest BCUT2D eigenvalue weighted by molar-refractivity contribution is 0.567. The summed E-state index contributed by atoms with van der Waals surface area (Å²) < 4.78 is 0. The van der Waals surface area contributed by atoms with Crippen molar-refractivity contribution >= 4 is 46.4 Å². The van der Waals surface area contributed by atoms with Gasteiger partial charge in [-0.1, -0.05) is 170 Å². The number of rotatable bonds is 13. The van der Waals surface area contributed by atoms with Gasteiger partial charge in [0.15, 0.2) is 0 Å². The molecule has 0 aliphatic heterocycles. The molecule has 0 amide bonds. The number of halogens is 4. The lowest BCUT2D eigenvalue weighted by atomic mass is 9.99. The van der Waals surface area contributed by atoms with Crippen molar-refractivity contribution < 1.29 is 0 Å². The van der Waals surface area contributed by atoms with Crippen LogP contribution in [-0.4, -0.2) is 0 Å². The zero-order chi connectivity index (χ0) is 26.7. The average molecular weight is 584 g/mol. The second kappa shape index (κ2) is 15.0. The molecule has 38 heavy (non-hydrogen) atoms. The van der Waals surface area contributed by atoms with Gasteiger partial charge < -0.3 is 0 Å². The van der Waals surface area contributed by atoms with Crippen LogP contribution < -0.4 is 0 Å². The van der Waals surface area contributed by atoms with Crippen molar-refractivity contribution in [2.24, 2.45) is 0 Å². The number of benzene rings is 4. The highest BCUT2D eigenvalue weighted by molar-refractivity contribution is 6.44. The van der Waals surface area contributed by atoms with E-state index in [1.165, 1.54) is 38.5 Å². The minimum atomic E-state index is 0.658. The van der Waals surface area contributed by atoms with E-state index in [0.717, 1.165) is 59.1 Å². The molecule has 0 aromatic heterocycles. The normalized spacial score (nSPS) is 11.2. The Labute approximate surface area is 247 Å². The van der Waals surface area contributed by atoms with Crippen LogP contribution in [0.3, 0.4) is 0 Å². The van der Waals surface area contributed by atoms with Crippen LogP contribution in [0.1, 0.15) is 62.5 Å². The van der Waals surface area contributed by atoms with Crippen molar-refractivity contribution in [1.29, 1.82) is 0 Å². The van der Waals surface area contributed by atoms with Crippen LogP contribution in [-0.2, 0) is 12.8 Å². The largest absolute Gasteiger partial charge is 0.0824 e. The van der Waals surface area contributed by atoms with E-state index in [1.807, 2.05) is 36.4 Å². The smallest absolute Gasteiger partial charge is 0.0673 e. The van der Waals surface area contributed by atoms with Crippen LogP contribution in [0.2, 0.25) is 20.1 Å². The quantitative estimate of drug-likeness (QED) is 0.137. The lowest BCUT2D eigenvalue weighted by Crippen LogP contribution is -1.91. The predicted molar refractivity (Wildman–Crippen MR) is 168 cm³/mol. The highest BCUT2D eigenvalue weighted by Gasteiger charge is 2.12. The monoisotopic (exact) mass is 582 g/mol. The summed E-state index contributed by atoms with van der Waals surface area (Å²) >= 11 is 26.4. The van der Waals surface area contributed by atoms with Crippen LogP contribution in [0.4, 0.5) is 0 Å². The molecule has 4 heteroatoms. The second-order valence-electron chi connectivity index (χ2n) is 9.86. The van der Waals surface area contributed by atoms with Crippen LogP contribution in [0.15, 0.2) is 84.9 Å². The van der Waals surface area contributed by atoms with Gasteiger partial charge in [0.2, 0.25) is 0 Å². The van der Waals surface area contributed by atoms with Gasteiger partial charge in [0.05, 0.1) is 20.1 Å². The van der Waals surface area contributed by atoms with Gasteiger partial charge in [0.1, 0.15) is 0 Å². The van der Waals surface area contributed by atoms with E-state index in [-0.39, 0.29) is 0 Å². The molecule has 0 N–H and O–H groups in total. The van der Waals surface area contributed by atoms with Gasteiger partial charge in [-0.15, -0.1) is 0 Å². The molecule has 0 radical (unpaired) electrons. The van der Waals surface area contributed by atoms with Crippen molar-refractivity contribution in [1.82, 2.24) is 0 Å². The van der Waals surface area contributed by atoms with Crippen LogP contribution >= 0.6 is 46.4 Å². The summed E-state index contributed by atoms with van der Waals surface area (Å²) in [6.45, 7) is 0. The van der Waals surface area contributed by atoms with E-state index < -0.39 is 0 Å². The molecule has 0 fully saturated rings. The lowest BCUT2D eigenvalue weighted by Gasteiger charge is -2.11. The van der Waals surface area contributed by atoms with Gasteiger partial charge >= 0.3 is 0 Å². The van der Waals surface area contributed by atoms with Crippen molar-refractivity contribution in [3.05, 3.63) is 116 Å². The molecule has 0 aliphatic rings. The van der Waals surface area contributed by atoms with Gasteiger partial charge in [-0.3, -0.25) is 0 Å². The van der Waals surface area contributed by atoms with Crippen molar-refractivity contribution in [2.75, 3.05) is 0 Å². The Kier molecular flexibility index (Phi) is 11.5. The number of hydrogen-bond acceptors (Lipinski definition) is 0. The Balaban J connectivity index is 1.11. The summed E-state index contributed by atoms with van der Waals surface area (Å²) in [6.07, 6.45) is 11.7. The fourth-order valence-corrected chi connectivity index (χ4v) is 6.04. The Morgan fingerprint density at radius 1 is 0.342 bits per heavy atom. The zero-order valence-corrected chi connectivity index (χ0v) is 24.7. The average Bonchev–Trinajstić information content (AvgIpc) is 2.95. The fourth-order valence-electron chi connectivity index (χ4n) is 4.94. The van der Waals surface area contributed by atoms with Crippen molar-refractivity contribution in [3.63, 3.8) is 0 Å². The molecule has 4 aromatic rings. The van der Waals surface area contributed by atoms with E-state index in [2.05, 4.69) is 48.5 Å². The Hall–Kier alpha value is -1.96. The Morgan fingerprint density at radius 2 is 0.684 bits per heavy atom. The van der Waals surface area contributed by atoms with Gasteiger partial charge in [0.25, 0.3) is 0 Å². The molecule has 0 saturated carbocycles. The molecule has 0 unspecified atom stereocenters. The predicted octanol–water partition coefficient (Wildman–Crippen LogP) is 12.5. The minimum absolute atomic E-state index is 0.658. The van der Waals surface area contributed by atoms with E-state index in [1.54, 1.807) is 0 Å². The first-order valence-electron chi connectivity index (χ1n) is 13.6. The topological polar surface area (TPSA) is 0 Å². The summed E-state index contributed by atoms with van der Waals surface area (Å²) in [6, 6.07) is 28.8. The Bertz CT molecular complexity index is 1200. The SMILES string of the molecule is Clc1c(CCCCCCCCCCc2ccc(-c3ccccc3)c(Cl)c2Cl)ccc(-c2ccccc2)c1Cl. The maximum absolute atomic E-state index is 6.61. The summed E-state index contributed by atoms with van der Waals surface area (Å²) in [7, 11) is 0. The van der Waals surface area contributed by atoms with E-state index in [9.17, 15) is 0 Å². The third-order valence-corrected chi connectivity index (χ3v) is 8.98. The van der Waals surface area contributed by atoms with Gasteiger partial charge in [-0.2, -0.15) is 0 Å². The maximum atomic E-state index is 6.61. The molecular formula is C34H34Cl4.